The van der Waals surface area contributed by atoms with Crippen molar-refractivity contribution in [3.63, 3.8) is 0 Å². The number of nitrogens with zero attached hydrogens (tertiary/aromatic N) is 2. The van der Waals surface area contributed by atoms with Crippen LogP contribution in [0.25, 0.3) is 0 Å². The van der Waals surface area contributed by atoms with Crippen molar-refractivity contribution in [3.8, 4) is 0 Å². The third kappa shape index (κ3) is 3.16. The Bertz CT molecular complexity index is 673. The van der Waals surface area contributed by atoms with Gasteiger partial charge >= 0.3 is 0 Å². The molecular formula is C13H19N3O4S. The van der Waals surface area contributed by atoms with Crippen LogP contribution in [0, 0.1) is 5.92 Å². The Labute approximate surface area is 123 Å². The van der Waals surface area contributed by atoms with Crippen molar-refractivity contribution in [3.05, 3.63) is 28.7 Å². The number of pyridine rings is 1. The third-order valence-corrected chi connectivity index (χ3v) is 5.57. The maximum Gasteiger partial charge on any atom is 0.248 e. The summed E-state index contributed by atoms with van der Waals surface area (Å²) in [5.74, 6) is -0.134. The van der Waals surface area contributed by atoms with E-state index in [-0.39, 0.29) is 29.8 Å². The molecule has 1 fully saturated rings. The van der Waals surface area contributed by atoms with Crippen LogP contribution in [0.2, 0.25) is 0 Å². The first-order chi connectivity index (χ1) is 9.84. The minimum Gasteiger partial charge on any atom is -0.366 e. The molecule has 8 heteroatoms. The molecule has 2 rings (SSSR count). The predicted molar refractivity (Wildman–Crippen MR) is 77.2 cm³/mol. The summed E-state index contributed by atoms with van der Waals surface area (Å²) >= 11 is 0. The van der Waals surface area contributed by atoms with E-state index in [1.807, 2.05) is 0 Å². The van der Waals surface area contributed by atoms with Crippen molar-refractivity contribution in [2.24, 2.45) is 5.92 Å². The van der Waals surface area contributed by atoms with Gasteiger partial charge in [0.1, 0.15) is 4.90 Å². The Morgan fingerprint density at radius 3 is 2.48 bits per heavy atom. The summed E-state index contributed by atoms with van der Waals surface area (Å²) in [6.45, 7) is 0.502. The number of sulfonamides is 1. The van der Waals surface area contributed by atoms with E-state index in [1.54, 1.807) is 14.1 Å². The van der Waals surface area contributed by atoms with Gasteiger partial charge in [0.05, 0.1) is 0 Å². The molecule has 7 nitrogen and oxygen atoms in total. The fraction of sp³-hybridized carbons (Fsp3) is 0.538. The summed E-state index contributed by atoms with van der Waals surface area (Å²) in [7, 11) is -0.419. The van der Waals surface area contributed by atoms with Crippen molar-refractivity contribution in [2.75, 3.05) is 27.2 Å². The summed E-state index contributed by atoms with van der Waals surface area (Å²) in [5.41, 5.74) is -0.528. The number of aromatic nitrogens is 1. The van der Waals surface area contributed by atoms with E-state index in [0.717, 1.165) is 0 Å². The van der Waals surface area contributed by atoms with Gasteiger partial charge in [0.25, 0.3) is 0 Å². The molecule has 1 aliphatic rings. The number of carbonyl (C=O) groups is 1. The Morgan fingerprint density at radius 1 is 1.33 bits per heavy atom. The normalized spacial score (nSPS) is 17.6. The van der Waals surface area contributed by atoms with Gasteiger partial charge in [0, 0.05) is 51.6 Å². The van der Waals surface area contributed by atoms with Gasteiger partial charge in [-0.1, -0.05) is 0 Å². The van der Waals surface area contributed by atoms with Gasteiger partial charge in [-0.25, -0.2) is 8.42 Å². The van der Waals surface area contributed by atoms with Crippen molar-refractivity contribution in [1.29, 1.82) is 0 Å². The van der Waals surface area contributed by atoms with E-state index >= 15 is 0 Å². The summed E-state index contributed by atoms with van der Waals surface area (Å²) in [4.78, 5) is 27.5. The van der Waals surface area contributed by atoms with Crippen LogP contribution in [0.15, 0.2) is 28.2 Å². The lowest BCUT2D eigenvalue weighted by atomic mass is 9.97. The number of amides is 1. The average Bonchev–Trinajstić information content (AvgIpc) is 2.46. The molecule has 1 aliphatic heterocycles. The molecular weight excluding hydrogens is 294 g/mol. The van der Waals surface area contributed by atoms with Gasteiger partial charge in [0.2, 0.25) is 21.4 Å². The molecule has 1 aromatic rings. The standard InChI is InChI=1S/C13H19N3O4S/c1-15(2)13(18)10-4-7-16(8-5-10)21(19,20)12-9-14-6-3-11(12)17/h3,6,9-10H,4-5,7-8H2,1-2H3,(H,14,17). The number of nitrogens with one attached hydrogen (secondary N) is 1. The van der Waals surface area contributed by atoms with Crippen LogP contribution in [-0.4, -0.2) is 55.7 Å². The molecule has 116 valence electrons. The maximum absolute atomic E-state index is 12.4. The topological polar surface area (TPSA) is 90.6 Å². The maximum atomic E-state index is 12.4. The molecule has 0 aromatic carbocycles. The second-order valence-electron chi connectivity index (χ2n) is 5.28. The van der Waals surface area contributed by atoms with E-state index in [1.165, 1.54) is 27.7 Å². The van der Waals surface area contributed by atoms with Crippen LogP contribution < -0.4 is 5.43 Å². The predicted octanol–water partition coefficient (Wildman–Crippen LogP) is -0.136. The van der Waals surface area contributed by atoms with Gasteiger partial charge in [-0.15, -0.1) is 0 Å². The number of carbonyl (C=O) groups excluding carboxylic acids is 1. The highest BCUT2D eigenvalue weighted by Gasteiger charge is 2.33. The number of H-pyrrole nitrogens is 1. The van der Waals surface area contributed by atoms with Crippen LogP contribution in [0.4, 0.5) is 0 Å². The van der Waals surface area contributed by atoms with Crippen LogP contribution in [0.1, 0.15) is 12.8 Å². The lowest BCUT2D eigenvalue weighted by molar-refractivity contribution is -0.134. The minimum atomic E-state index is -3.80. The summed E-state index contributed by atoms with van der Waals surface area (Å²) in [6, 6.07) is 1.19. The number of hydrogen-bond donors (Lipinski definition) is 1. The van der Waals surface area contributed by atoms with Crippen LogP contribution in [0.5, 0.6) is 0 Å². The minimum absolute atomic E-state index is 0.0182. The van der Waals surface area contributed by atoms with Crippen LogP contribution in [0.3, 0.4) is 0 Å². The molecule has 2 heterocycles. The van der Waals surface area contributed by atoms with Gasteiger partial charge in [0.15, 0.2) is 0 Å². The highest BCUT2D eigenvalue weighted by Crippen LogP contribution is 2.23. The number of hydrogen-bond acceptors (Lipinski definition) is 4. The molecule has 0 atom stereocenters. The molecule has 21 heavy (non-hydrogen) atoms. The summed E-state index contributed by atoms with van der Waals surface area (Å²) in [5, 5.41) is 0. The van der Waals surface area contributed by atoms with Crippen molar-refractivity contribution < 1.29 is 13.2 Å². The molecule has 0 unspecified atom stereocenters. The zero-order valence-corrected chi connectivity index (χ0v) is 12.9. The van der Waals surface area contributed by atoms with Gasteiger partial charge < -0.3 is 9.88 Å². The summed E-state index contributed by atoms with van der Waals surface area (Å²) < 4.78 is 26.1. The smallest absolute Gasteiger partial charge is 0.248 e. The van der Waals surface area contributed by atoms with Crippen molar-refractivity contribution in [2.45, 2.75) is 17.7 Å². The Kier molecular flexibility index (Phi) is 4.48. The zero-order chi connectivity index (χ0) is 15.6. The van der Waals surface area contributed by atoms with E-state index < -0.39 is 15.5 Å². The number of rotatable bonds is 3. The van der Waals surface area contributed by atoms with Gasteiger partial charge in [-0.2, -0.15) is 4.31 Å². The first kappa shape index (κ1) is 15.7. The molecule has 0 bridgehead atoms. The summed E-state index contributed by atoms with van der Waals surface area (Å²) in [6.07, 6.45) is 3.54. The molecule has 0 saturated carbocycles. The zero-order valence-electron chi connectivity index (χ0n) is 12.1. The van der Waals surface area contributed by atoms with E-state index in [4.69, 9.17) is 0 Å². The fourth-order valence-electron chi connectivity index (χ4n) is 2.45. The highest BCUT2D eigenvalue weighted by atomic mass is 32.2. The largest absolute Gasteiger partial charge is 0.366 e. The highest BCUT2D eigenvalue weighted by molar-refractivity contribution is 7.89. The van der Waals surface area contributed by atoms with Gasteiger partial charge in [-0.3, -0.25) is 9.59 Å². The lowest BCUT2D eigenvalue weighted by Crippen LogP contribution is -2.43. The van der Waals surface area contributed by atoms with Crippen molar-refractivity contribution >= 4 is 15.9 Å². The van der Waals surface area contributed by atoms with Crippen molar-refractivity contribution in [1.82, 2.24) is 14.2 Å². The average molecular weight is 313 g/mol. The molecule has 1 N–H and O–H groups in total. The molecule has 0 aliphatic carbocycles. The first-order valence-corrected chi connectivity index (χ1v) is 8.16. The molecule has 1 aromatic heterocycles. The molecule has 1 saturated heterocycles. The van der Waals surface area contributed by atoms with Crippen LogP contribution in [-0.2, 0) is 14.8 Å². The Hall–Kier alpha value is -1.67. The van der Waals surface area contributed by atoms with E-state index in [0.29, 0.717) is 12.8 Å². The molecule has 0 radical (unpaired) electrons. The molecule has 0 spiro atoms. The fourth-order valence-corrected chi connectivity index (χ4v) is 3.96. The van der Waals surface area contributed by atoms with E-state index in [9.17, 15) is 18.0 Å². The Balaban J connectivity index is 2.14. The van der Waals surface area contributed by atoms with E-state index in [2.05, 4.69) is 4.98 Å². The lowest BCUT2D eigenvalue weighted by Gasteiger charge is -2.31. The second kappa shape index (κ2) is 5.98. The molecule has 1 amide bonds. The third-order valence-electron chi connectivity index (χ3n) is 3.65. The Morgan fingerprint density at radius 2 is 1.95 bits per heavy atom. The quantitative estimate of drug-likeness (QED) is 0.841. The first-order valence-electron chi connectivity index (χ1n) is 6.72. The van der Waals surface area contributed by atoms with Crippen LogP contribution >= 0.6 is 0 Å². The monoisotopic (exact) mass is 313 g/mol. The number of piperidine rings is 1. The second-order valence-corrected chi connectivity index (χ2v) is 7.19. The number of aromatic amines is 1. The SMILES string of the molecule is CN(C)C(=O)C1CCN(S(=O)(=O)c2c[nH]ccc2=O)CC1. The van der Waals surface area contributed by atoms with Gasteiger partial charge in [-0.05, 0) is 12.8 Å².